The van der Waals surface area contributed by atoms with Crippen molar-refractivity contribution in [2.45, 2.75) is 6.61 Å². The van der Waals surface area contributed by atoms with Gasteiger partial charge in [-0.15, -0.1) is 0 Å². The van der Waals surface area contributed by atoms with Gasteiger partial charge in [0.15, 0.2) is 0 Å². The number of aliphatic hydroxyl groups excluding tert-OH is 1. The zero-order chi connectivity index (χ0) is 13.1. The van der Waals surface area contributed by atoms with E-state index in [4.69, 9.17) is 21.4 Å². The second-order valence-corrected chi connectivity index (χ2v) is 4.85. The van der Waals surface area contributed by atoms with Crippen LogP contribution in [0, 0.1) is 5.82 Å². The van der Waals surface area contributed by atoms with Gasteiger partial charge in [0.1, 0.15) is 17.3 Å². The molecule has 0 heterocycles. The highest BCUT2D eigenvalue weighted by molar-refractivity contribution is 9.10. The third kappa shape index (κ3) is 3.02. The van der Waals surface area contributed by atoms with Crippen LogP contribution in [-0.2, 0) is 6.61 Å². The molecule has 0 bridgehead atoms. The average Bonchev–Trinajstić information content (AvgIpc) is 2.34. The highest BCUT2D eigenvalue weighted by Crippen LogP contribution is 2.28. The first-order valence-corrected chi connectivity index (χ1v) is 6.29. The fraction of sp³-hybridized carbons (Fsp3) is 0.0769. The lowest BCUT2D eigenvalue weighted by Gasteiger charge is -2.08. The Bertz CT molecular complexity index is 575. The second-order valence-electron chi connectivity index (χ2n) is 3.59. The molecule has 0 saturated carbocycles. The molecule has 0 aliphatic heterocycles. The summed E-state index contributed by atoms with van der Waals surface area (Å²) in [4.78, 5) is 0. The van der Waals surface area contributed by atoms with Crippen LogP contribution in [-0.4, -0.2) is 5.11 Å². The molecule has 2 aromatic rings. The molecule has 2 nitrogen and oxygen atoms in total. The van der Waals surface area contributed by atoms with E-state index in [1.807, 2.05) is 0 Å². The van der Waals surface area contributed by atoms with Crippen molar-refractivity contribution >= 4 is 27.5 Å². The molecule has 5 heteroatoms. The third-order valence-corrected chi connectivity index (χ3v) is 3.32. The zero-order valence-electron chi connectivity index (χ0n) is 9.16. The normalized spacial score (nSPS) is 10.4. The molecule has 0 aliphatic carbocycles. The Kier molecular flexibility index (Phi) is 4.22. The Morgan fingerprint density at radius 2 is 1.83 bits per heavy atom. The molecule has 0 spiro atoms. The van der Waals surface area contributed by atoms with E-state index < -0.39 is 5.82 Å². The van der Waals surface area contributed by atoms with Crippen molar-refractivity contribution in [1.82, 2.24) is 0 Å². The molecule has 0 radical (unpaired) electrons. The Morgan fingerprint density at radius 3 is 2.44 bits per heavy atom. The standard InChI is InChI=1S/C13H9BrClFO2/c14-11-4-3-10(6-13(11)16)18-9-2-1-8(7-17)12(15)5-9/h1-6,17H,7H2. The van der Waals surface area contributed by atoms with Gasteiger partial charge in [0.25, 0.3) is 0 Å². The van der Waals surface area contributed by atoms with Crippen LogP contribution >= 0.6 is 27.5 Å². The summed E-state index contributed by atoms with van der Waals surface area (Å²) in [7, 11) is 0. The maximum absolute atomic E-state index is 13.3. The Balaban J connectivity index is 2.23. The van der Waals surface area contributed by atoms with E-state index in [1.54, 1.807) is 30.3 Å². The number of rotatable bonds is 3. The van der Waals surface area contributed by atoms with Crippen LogP contribution in [0.4, 0.5) is 4.39 Å². The first-order chi connectivity index (χ1) is 8.60. The van der Waals surface area contributed by atoms with Crippen molar-refractivity contribution in [1.29, 1.82) is 0 Å². The van der Waals surface area contributed by atoms with E-state index >= 15 is 0 Å². The molecule has 0 saturated heterocycles. The average molecular weight is 332 g/mol. The Hall–Kier alpha value is -1.10. The highest BCUT2D eigenvalue weighted by atomic mass is 79.9. The second kappa shape index (κ2) is 5.69. The lowest BCUT2D eigenvalue weighted by molar-refractivity contribution is 0.282. The fourth-order valence-corrected chi connectivity index (χ4v) is 1.87. The third-order valence-electron chi connectivity index (χ3n) is 2.32. The van der Waals surface area contributed by atoms with E-state index in [-0.39, 0.29) is 6.61 Å². The molecular weight excluding hydrogens is 322 g/mol. The van der Waals surface area contributed by atoms with Gasteiger partial charge in [-0.05, 0) is 45.8 Å². The van der Waals surface area contributed by atoms with Crippen molar-refractivity contribution in [2.24, 2.45) is 0 Å². The van der Waals surface area contributed by atoms with Gasteiger partial charge in [0.05, 0.1) is 11.1 Å². The maximum atomic E-state index is 13.3. The van der Waals surface area contributed by atoms with Crippen molar-refractivity contribution in [3.05, 3.63) is 57.3 Å². The first kappa shape index (κ1) is 13.3. The summed E-state index contributed by atoms with van der Waals surface area (Å²) in [5.74, 6) is 0.466. The van der Waals surface area contributed by atoms with Gasteiger partial charge in [-0.25, -0.2) is 4.39 Å². The molecule has 0 atom stereocenters. The topological polar surface area (TPSA) is 29.5 Å². The van der Waals surface area contributed by atoms with Crippen LogP contribution in [0.1, 0.15) is 5.56 Å². The molecule has 0 aromatic heterocycles. The summed E-state index contributed by atoms with van der Waals surface area (Å²) < 4.78 is 19.1. The predicted molar refractivity (Wildman–Crippen MR) is 71.5 cm³/mol. The summed E-state index contributed by atoms with van der Waals surface area (Å²) in [5, 5.41) is 9.40. The summed E-state index contributed by atoms with van der Waals surface area (Å²) in [6.07, 6.45) is 0. The van der Waals surface area contributed by atoms with Crippen molar-refractivity contribution in [2.75, 3.05) is 0 Å². The molecule has 2 aromatic carbocycles. The van der Waals surface area contributed by atoms with Crippen LogP contribution in [0.15, 0.2) is 40.9 Å². The molecule has 0 unspecified atom stereocenters. The minimum Gasteiger partial charge on any atom is -0.457 e. The van der Waals surface area contributed by atoms with Crippen molar-refractivity contribution in [3.63, 3.8) is 0 Å². The smallest absolute Gasteiger partial charge is 0.141 e. The lowest BCUT2D eigenvalue weighted by Crippen LogP contribution is -1.89. The highest BCUT2D eigenvalue weighted by Gasteiger charge is 2.05. The van der Waals surface area contributed by atoms with E-state index in [0.717, 1.165) is 0 Å². The van der Waals surface area contributed by atoms with Crippen molar-refractivity contribution < 1.29 is 14.2 Å². The van der Waals surface area contributed by atoms with Gasteiger partial charge in [-0.3, -0.25) is 0 Å². The number of halogens is 3. The summed E-state index contributed by atoms with van der Waals surface area (Å²) in [5.41, 5.74) is 0.617. The van der Waals surface area contributed by atoms with E-state index in [0.29, 0.717) is 26.6 Å². The number of ether oxygens (including phenoxy) is 1. The number of benzene rings is 2. The molecule has 0 amide bonds. The zero-order valence-corrected chi connectivity index (χ0v) is 11.5. The Morgan fingerprint density at radius 1 is 1.17 bits per heavy atom. The maximum Gasteiger partial charge on any atom is 0.141 e. The molecule has 0 fully saturated rings. The molecule has 1 N–H and O–H groups in total. The fourth-order valence-electron chi connectivity index (χ4n) is 1.40. The van der Waals surface area contributed by atoms with E-state index in [2.05, 4.69) is 15.9 Å². The van der Waals surface area contributed by atoms with Crippen LogP contribution in [0.2, 0.25) is 5.02 Å². The van der Waals surface area contributed by atoms with Crippen LogP contribution in [0.5, 0.6) is 11.5 Å². The molecule has 0 aliphatic rings. The number of hydrogen-bond acceptors (Lipinski definition) is 2. The summed E-state index contributed by atoms with van der Waals surface area (Å²) >= 11 is 9.00. The van der Waals surface area contributed by atoms with E-state index in [9.17, 15) is 4.39 Å². The van der Waals surface area contributed by atoms with Gasteiger partial charge in [-0.1, -0.05) is 17.7 Å². The molecule has 94 valence electrons. The van der Waals surface area contributed by atoms with Gasteiger partial charge in [0, 0.05) is 11.1 Å². The van der Waals surface area contributed by atoms with Crippen LogP contribution in [0.3, 0.4) is 0 Å². The van der Waals surface area contributed by atoms with Crippen molar-refractivity contribution in [3.8, 4) is 11.5 Å². The van der Waals surface area contributed by atoms with E-state index in [1.165, 1.54) is 6.07 Å². The lowest BCUT2D eigenvalue weighted by atomic mass is 10.2. The predicted octanol–water partition coefficient (Wildman–Crippen LogP) is 4.53. The van der Waals surface area contributed by atoms with Gasteiger partial charge < -0.3 is 9.84 Å². The number of aliphatic hydroxyl groups is 1. The van der Waals surface area contributed by atoms with Gasteiger partial charge in [-0.2, -0.15) is 0 Å². The molecular formula is C13H9BrClFO2. The van der Waals surface area contributed by atoms with Crippen LogP contribution in [0.25, 0.3) is 0 Å². The number of hydrogen-bond donors (Lipinski definition) is 1. The minimum absolute atomic E-state index is 0.133. The van der Waals surface area contributed by atoms with Gasteiger partial charge >= 0.3 is 0 Å². The quantitative estimate of drug-likeness (QED) is 0.895. The molecule has 2 rings (SSSR count). The van der Waals surface area contributed by atoms with Gasteiger partial charge in [0.2, 0.25) is 0 Å². The minimum atomic E-state index is -0.398. The monoisotopic (exact) mass is 330 g/mol. The SMILES string of the molecule is OCc1ccc(Oc2ccc(Br)c(F)c2)cc1Cl. The Labute approximate surface area is 117 Å². The van der Waals surface area contributed by atoms with Crippen LogP contribution < -0.4 is 4.74 Å². The summed E-state index contributed by atoms with van der Waals surface area (Å²) in [6.45, 7) is -0.133. The first-order valence-electron chi connectivity index (χ1n) is 5.12. The molecule has 18 heavy (non-hydrogen) atoms. The largest absolute Gasteiger partial charge is 0.457 e. The summed E-state index contributed by atoms with van der Waals surface area (Å²) in [6, 6.07) is 9.38.